The van der Waals surface area contributed by atoms with Crippen molar-refractivity contribution in [3.63, 3.8) is 0 Å². The molecule has 0 unspecified atom stereocenters. The van der Waals surface area contributed by atoms with Gasteiger partial charge in [0, 0.05) is 18.7 Å². The maximum Gasteiger partial charge on any atom is 0.238 e. The fraction of sp³-hybridized carbons (Fsp3) is 0.500. The van der Waals surface area contributed by atoms with Crippen LogP contribution < -0.4 is 10.5 Å². The van der Waals surface area contributed by atoms with Gasteiger partial charge >= 0.3 is 0 Å². The first-order valence-corrected chi connectivity index (χ1v) is 8.65. The van der Waals surface area contributed by atoms with Crippen molar-refractivity contribution in [3.8, 4) is 0 Å². The summed E-state index contributed by atoms with van der Waals surface area (Å²) >= 11 is 0. The van der Waals surface area contributed by atoms with Crippen LogP contribution in [0.15, 0.2) is 29.2 Å². The molecule has 0 aromatic heterocycles. The van der Waals surface area contributed by atoms with Gasteiger partial charge in [-0.3, -0.25) is 4.79 Å². The van der Waals surface area contributed by atoms with Crippen LogP contribution in [0.25, 0.3) is 0 Å². The van der Waals surface area contributed by atoms with Crippen molar-refractivity contribution in [2.75, 3.05) is 25.0 Å². The van der Waals surface area contributed by atoms with E-state index in [9.17, 15) is 13.2 Å². The summed E-state index contributed by atoms with van der Waals surface area (Å²) in [5.74, 6) is -0.0658. The van der Waals surface area contributed by atoms with Crippen LogP contribution in [0.5, 0.6) is 0 Å². The summed E-state index contributed by atoms with van der Waals surface area (Å²) in [5.41, 5.74) is 0.575. The number of primary sulfonamides is 1. The minimum Gasteiger partial charge on any atom is -0.326 e. The zero-order valence-corrected chi connectivity index (χ0v) is 12.7. The maximum absolute atomic E-state index is 11.9. The predicted molar refractivity (Wildman–Crippen MR) is 81.4 cm³/mol. The molecule has 0 bridgehead atoms. The summed E-state index contributed by atoms with van der Waals surface area (Å²) in [4.78, 5) is 14.2. The molecule has 0 atom stereocenters. The highest BCUT2D eigenvalue weighted by Gasteiger charge is 2.12. The van der Waals surface area contributed by atoms with E-state index in [4.69, 9.17) is 5.14 Å². The molecular formula is C14H21N3O3S. The molecule has 1 aromatic carbocycles. The summed E-state index contributed by atoms with van der Waals surface area (Å²) in [6.45, 7) is 2.90. The van der Waals surface area contributed by atoms with Gasteiger partial charge in [0.15, 0.2) is 0 Å². The van der Waals surface area contributed by atoms with Crippen molar-refractivity contribution in [1.82, 2.24) is 4.90 Å². The molecule has 1 saturated heterocycles. The Morgan fingerprint density at radius 3 is 2.33 bits per heavy atom. The number of carbonyl (C=O) groups excluding carboxylic acids is 1. The normalized spacial score (nSPS) is 16.6. The van der Waals surface area contributed by atoms with Crippen LogP contribution in [-0.2, 0) is 14.8 Å². The SMILES string of the molecule is NS(=O)(=O)c1ccc(NC(=O)CCN2CCCCC2)cc1. The molecule has 21 heavy (non-hydrogen) atoms. The molecule has 0 saturated carbocycles. The van der Waals surface area contributed by atoms with Gasteiger partial charge in [-0.1, -0.05) is 6.42 Å². The Labute approximate surface area is 125 Å². The third-order valence-corrected chi connectivity index (χ3v) is 4.50. The van der Waals surface area contributed by atoms with Gasteiger partial charge in [0.2, 0.25) is 15.9 Å². The van der Waals surface area contributed by atoms with E-state index < -0.39 is 10.0 Å². The molecule has 3 N–H and O–H groups in total. The second-order valence-electron chi connectivity index (χ2n) is 5.27. The van der Waals surface area contributed by atoms with E-state index >= 15 is 0 Å². The Kier molecular flexibility index (Phi) is 5.33. The second-order valence-corrected chi connectivity index (χ2v) is 6.83. The Morgan fingerprint density at radius 2 is 1.76 bits per heavy atom. The van der Waals surface area contributed by atoms with Crippen molar-refractivity contribution in [2.45, 2.75) is 30.6 Å². The highest BCUT2D eigenvalue weighted by Crippen LogP contribution is 2.13. The monoisotopic (exact) mass is 311 g/mol. The lowest BCUT2D eigenvalue weighted by molar-refractivity contribution is -0.116. The van der Waals surface area contributed by atoms with E-state index in [1.54, 1.807) is 12.1 Å². The largest absolute Gasteiger partial charge is 0.326 e. The van der Waals surface area contributed by atoms with E-state index in [1.165, 1.54) is 31.4 Å². The number of hydrogen-bond acceptors (Lipinski definition) is 4. The van der Waals surface area contributed by atoms with Crippen LogP contribution in [0.1, 0.15) is 25.7 Å². The van der Waals surface area contributed by atoms with Crippen molar-refractivity contribution in [2.24, 2.45) is 5.14 Å². The van der Waals surface area contributed by atoms with Crippen LogP contribution in [0.4, 0.5) is 5.69 Å². The van der Waals surface area contributed by atoms with Crippen molar-refractivity contribution in [1.29, 1.82) is 0 Å². The number of sulfonamides is 1. The van der Waals surface area contributed by atoms with Gasteiger partial charge in [0.05, 0.1) is 4.90 Å². The van der Waals surface area contributed by atoms with Crippen LogP contribution >= 0.6 is 0 Å². The summed E-state index contributed by atoms with van der Waals surface area (Å²) in [6, 6.07) is 5.85. The molecule has 7 heteroatoms. The average molecular weight is 311 g/mol. The van der Waals surface area contributed by atoms with Gasteiger partial charge in [-0.2, -0.15) is 0 Å². The first-order valence-electron chi connectivity index (χ1n) is 7.10. The highest BCUT2D eigenvalue weighted by atomic mass is 32.2. The Morgan fingerprint density at radius 1 is 1.14 bits per heavy atom. The zero-order chi connectivity index (χ0) is 15.3. The molecule has 116 valence electrons. The number of carbonyl (C=O) groups is 1. The van der Waals surface area contributed by atoms with Crippen molar-refractivity contribution < 1.29 is 13.2 Å². The van der Waals surface area contributed by atoms with E-state index in [0.717, 1.165) is 19.6 Å². The maximum atomic E-state index is 11.9. The van der Waals surface area contributed by atoms with E-state index in [0.29, 0.717) is 12.1 Å². The van der Waals surface area contributed by atoms with Crippen LogP contribution in [0.2, 0.25) is 0 Å². The number of rotatable bonds is 5. The number of piperidine rings is 1. The van der Waals surface area contributed by atoms with Gasteiger partial charge in [0.25, 0.3) is 0 Å². The summed E-state index contributed by atoms with van der Waals surface area (Å²) in [5, 5.41) is 7.78. The van der Waals surface area contributed by atoms with E-state index in [2.05, 4.69) is 10.2 Å². The lowest BCUT2D eigenvalue weighted by atomic mass is 10.1. The minimum absolute atomic E-state index is 0.0359. The number of likely N-dealkylation sites (tertiary alicyclic amines) is 1. The van der Waals surface area contributed by atoms with E-state index in [-0.39, 0.29) is 10.8 Å². The van der Waals surface area contributed by atoms with Gasteiger partial charge in [-0.05, 0) is 50.2 Å². The molecule has 6 nitrogen and oxygen atoms in total. The molecule has 0 aliphatic carbocycles. The number of nitrogens with zero attached hydrogens (tertiary/aromatic N) is 1. The number of nitrogens with one attached hydrogen (secondary N) is 1. The quantitative estimate of drug-likeness (QED) is 0.853. The molecule has 0 radical (unpaired) electrons. The smallest absolute Gasteiger partial charge is 0.238 e. The predicted octanol–water partition coefficient (Wildman–Crippen LogP) is 1.15. The van der Waals surface area contributed by atoms with E-state index in [1.807, 2.05) is 0 Å². The molecular weight excluding hydrogens is 290 g/mol. The summed E-state index contributed by atoms with van der Waals surface area (Å²) in [7, 11) is -3.69. The minimum atomic E-state index is -3.69. The summed E-state index contributed by atoms with van der Waals surface area (Å²) < 4.78 is 22.3. The molecule has 1 amide bonds. The zero-order valence-electron chi connectivity index (χ0n) is 11.9. The third-order valence-electron chi connectivity index (χ3n) is 3.57. The first kappa shape index (κ1) is 15.9. The van der Waals surface area contributed by atoms with Gasteiger partial charge in [-0.25, -0.2) is 13.6 Å². The summed E-state index contributed by atoms with van der Waals surface area (Å²) in [6.07, 6.45) is 4.13. The number of anilines is 1. The average Bonchev–Trinajstić information content (AvgIpc) is 2.46. The molecule has 1 aliphatic rings. The molecule has 0 spiro atoms. The lowest BCUT2D eigenvalue weighted by Gasteiger charge is -2.25. The topological polar surface area (TPSA) is 92.5 Å². The number of benzene rings is 1. The molecule has 1 aromatic rings. The molecule has 2 rings (SSSR count). The molecule has 1 fully saturated rings. The molecule has 1 heterocycles. The fourth-order valence-electron chi connectivity index (χ4n) is 2.39. The number of nitrogens with two attached hydrogens (primary N) is 1. The fourth-order valence-corrected chi connectivity index (χ4v) is 2.91. The Balaban J connectivity index is 1.82. The number of amides is 1. The van der Waals surface area contributed by atoms with Crippen molar-refractivity contribution >= 4 is 21.6 Å². The standard InChI is InChI=1S/C14H21N3O3S/c15-21(19,20)13-6-4-12(5-7-13)16-14(18)8-11-17-9-2-1-3-10-17/h4-7H,1-3,8-11H2,(H,16,18)(H2,15,19,20). The Hall–Kier alpha value is -1.44. The first-order chi connectivity index (χ1) is 9.95. The highest BCUT2D eigenvalue weighted by molar-refractivity contribution is 7.89. The Bertz CT molecular complexity index is 578. The van der Waals surface area contributed by atoms with Crippen LogP contribution in [0, 0.1) is 0 Å². The van der Waals surface area contributed by atoms with Crippen LogP contribution in [0.3, 0.4) is 0 Å². The van der Waals surface area contributed by atoms with Crippen LogP contribution in [-0.4, -0.2) is 38.9 Å². The number of hydrogen-bond donors (Lipinski definition) is 2. The third kappa shape index (κ3) is 5.11. The lowest BCUT2D eigenvalue weighted by Crippen LogP contribution is -2.32. The van der Waals surface area contributed by atoms with Gasteiger partial charge in [-0.15, -0.1) is 0 Å². The van der Waals surface area contributed by atoms with Gasteiger partial charge in [0.1, 0.15) is 0 Å². The molecule has 1 aliphatic heterocycles. The second kappa shape index (κ2) is 7.02. The van der Waals surface area contributed by atoms with Gasteiger partial charge < -0.3 is 10.2 Å². The van der Waals surface area contributed by atoms with Crippen molar-refractivity contribution in [3.05, 3.63) is 24.3 Å².